The molecule has 128 valence electrons. The maximum Gasteiger partial charge on any atom is 0.292 e. The van der Waals surface area contributed by atoms with Gasteiger partial charge in [0.05, 0.1) is 18.1 Å². The van der Waals surface area contributed by atoms with Crippen LogP contribution in [0, 0.1) is 10.1 Å². The molecular formula is C17H22N4O3. The van der Waals surface area contributed by atoms with Crippen LogP contribution in [0.25, 0.3) is 0 Å². The highest BCUT2D eigenvalue weighted by Gasteiger charge is 2.20. The Morgan fingerprint density at radius 3 is 2.62 bits per heavy atom. The number of methoxy groups -OCH3 is 1. The van der Waals surface area contributed by atoms with Gasteiger partial charge < -0.3 is 20.7 Å². The lowest BCUT2D eigenvalue weighted by molar-refractivity contribution is -0.383. The smallest absolute Gasteiger partial charge is 0.292 e. The molecule has 0 aliphatic rings. The predicted octanol–water partition coefficient (Wildman–Crippen LogP) is 2.90. The number of ether oxygens (including phenoxy) is 1. The summed E-state index contributed by atoms with van der Waals surface area (Å²) in [6, 6.07) is 12.2. The predicted molar refractivity (Wildman–Crippen MR) is 95.4 cm³/mol. The summed E-state index contributed by atoms with van der Waals surface area (Å²) in [5.41, 5.74) is 7.64. The molecule has 0 unspecified atom stereocenters. The quantitative estimate of drug-likeness (QED) is 0.460. The number of nitrogen functional groups attached to an aromatic ring is 1. The summed E-state index contributed by atoms with van der Waals surface area (Å²) in [5.74, 6) is 0.778. The Morgan fingerprint density at radius 1 is 1.29 bits per heavy atom. The number of nitro groups is 1. The third-order valence-corrected chi connectivity index (χ3v) is 3.82. The van der Waals surface area contributed by atoms with E-state index >= 15 is 0 Å². The number of hydrogen-bond donors (Lipinski definition) is 2. The summed E-state index contributed by atoms with van der Waals surface area (Å²) in [5, 5.41) is 14.3. The Hall–Kier alpha value is -2.80. The van der Waals surface area contributed by atoms with Crippen LogP contribution in [0.5, 0.6) is 5.75 Å². The Bertz CT molecular complexity index is 719. The largest absolute Gasteiger partial charge is 0.496 e. The summed E-state index contributed by atoms with van der Waals surface area (Å²) >= 11 is 0. The summed E-state index contributed by atoms with van der Waals surface area (Å²) in [6.07, 6.45) is 0. The number of nitrogens with one attached hydrogen (secondary N) is 1. The monoisotopic (exact) mass is 330 g/mol. The van der Waals surface area contributed by atoms with Crippen LogP contribution in [0.3, 0.4) is 0 Å². The zero-order valence-corrected chi connectivity index (χ0v) is 14.0. The maximum atomic E-state index is 11.2. The highest BCUT2D eigenvalue weighted by atomic mass is 16.6. The fourth-order valence-corrected chi connectivity index (χ4v) is 2.57. The molecule has 0 aliphatic carbocycles. The summed E-state index contributed by atoms with van der Waals surface area (Å²) in [4.78, 5) is 12.8. The molecule has 2 rings (SSSR count). The first-order chi connectivity index (χ1) is 11.4. The Labute approximate surface area is 141 Å². The Kier molecular flexibility index (Phi) is 5.59. The van der Waals surface area contributed by atoms with E-state index in [1.165, 1.54) is 12.1 Å². The summed E-state index contributed by atoms with van der Waals surface area (Å²) in [6.45, 7) is 0.470. The van der Waals surface area contributed by atoms with Crippen molar-refractivity contribution in [2.75, 3.05) is 38.8 Å². The van der Waals surface area contributed by atoms with E-state index in [1.807, 2.05) is 43.3 Å². The fraction of sp³-hybridized carbons (Fsp3) is 0.294. The molecule has 0 aromatic heterocycles. The molecule has 7 heteroatoms. The first kappa shape index (κ1) is 17.6. The number of para-hydroxylation sites is 1. The molecule has 0 fully saturated rings. The molecule has 0 saturated carbocycles. The van der Waals surface area contributed by atoms with Gasteiger partial charge in [0.2, 0.25) is 0 Å². The van der Waals surface area contributed by atoms with Gasteiger partial charge >= 0.3 is 0 Å². The van der Waals surface area contributed by atoms with Gasteiger partial charge in [0.25, 0.3) is 5.69 Å². The third kappa shape index (κ3) is 3.94. The fourth-order valence-electron chi connectivity index (χ4n) is 2.57. The molecule has 0 saturated heterocycles. The number of nitrogens with two attached hydrogens (primary N) is 1. The van der Waals surface area contributed by atoms with Gasteiger partial charge in [-0.2, -0.15) is 0 Å². The van der Waals surface area contributed by atoms with Crippen LogP contribution in [0.2, 0.25) is 0 Å². The molecule has 0 heterocycles. The number of hydrogen-bond acceptors (Lipinski definition) is 6. The number of likely N-dealkylation sites (N-methyl/N-ethyl adjacent to an activating group) is 1. The van der Waals surface area contributed by atoms with Crippen molar-refractivity contribution < 1.29 is 9.66 Å². The highest BCUT2D eigenvalue weighted by molar-refractivity contribution is 5.67. The van der Waals surface area contributed by atoms with Crippen LogP contribution in [0.15, 0.2) is 42.5 Å². The van der Waals surface area contributed by atoms with Crippen molar-refractivity contribution in [3.05, 3.63) is 58.1 Å². The van der Waals surface area contributed by atoms with E-state index in [0.29, 0.717) is 17.9 Å². The van der Waals surface area contributed by atoms with Crippen molar-refractivity contribution in [3.8, 4) is 5.75 Å². The standard InChI is InChI=1S/C17H22N4O3/c1-20(2)16(13-6-4-5-7-17(13)24-3)11-19-14-10-12(18)8-9-15(14)21(22)23/h4-10,16,19H,11,18H2,1-3H3/t16-/m0/s1. The lowest BCUT2D eigenvalue weighted by atomic mass is 10.0. The number of nitrogens with zero attached hydrogens (tertiary/aromatic N) is 2. The third-order valence-electron chi connectivity index (χ3n) is 3.82. The van der Waals surface area contributed by atoms with Gasteiger partial charge in [0.15, 0.2) is 0 Å². The van der Waals surface area contributed by atoms with E-state index in [4.69, 9.17) is 10.5 Å². The average Bonchev–Trinajstić information content (AvgIpc) is 2.55. The SMILES string of the molecule is COc1ccccc1[C@H](CNc1cc(N)ccc1[N+](=O)[O-])N(C)C. The van der Waals surface area contributed by atoms with Crippen LogP contribution >= 0.6 is 0 Å². The minimum atomic E-state index is -0.421. The molecule has 0 amide bonds. The van der Waals surface area contributed by atoms with E-state index in [-0.39, 0.29) is 11.7 Å². The van der Waals surface area contributed by atoms with E-state index < -0.39 is 4.92 Å². The normalized spacial score (nSPS) is 12.0. The molecule has 1 atom stereocenters. The topological polar surface area (TPSA) is 93.7 Å². The molecule has 3 N–H and O–H groups in total. The van der Waals surface area contributed by atoms with Crippen molar-refractivity contribution in [3.63, 3.8) is 0 Å². The molecule has 2 aromatic rings. The van der Waals surface area contributed by atoms with Gasteiger partial charge in [-0.1, -0.05) is 18.2 Å². The van der Waals surface area contributed by atoms with Crippen molar-refractivity contribution in [2.45, 2.75) is 6.04 Å². The second-order valence-electron chi connectivity index (χ2n) is 5.64. The summed E-state index contributed by atoms with van der Waals surface area (Å²) in [7, 11) is 5.53. The number of benzene rings is 2. The van der Waals surface area contributed by atoms with Crippen LogP contribution in [-0.4, -0.2) is 37.6 Å². The van der Waals surface area contributed by atoms with Crippen molar-refractivity contribution in [1.82, 2.24) is 4.90 Å². The number of rotatable bonds is 7. The van der Waals surface area contributed by atoms with E-state index in [1.54, 1.807) is 13.2 Å². The molecule has 0 bridgehead atoms. The van der Waals surface area contributed by atoms with Gasteiger partial charge in [0, 0.05) is 23.9 Å². The van der Waals surface area contributed by atoms with Gasteiger partial charge in [0.1, 0.15) is 11.4 Å². The Morgan fingerprint density at radius 2 is 2.00 bits per heavy atom. The van der Waals surface area contributed by atoms with Crippen LogP contribution < -0.4 is 15.8 Å². The van der Waals surface area contributed by atoms with E-state index in [0.717, 1.165) is 11.3 Å². The molecule has 2 aromatic carbocycles. The van der Waals surface area contributed by atoms with Crippen LogP contribution in [-0.2, 0) is 0 Å². The highest BCUT2D eigenvalue weighted by Crippen LogP contribution is 2.31. The first-order valence-corrected chi connectivity index (χ1v) is 7.51. The first-order valence-electron chi connectivity index (χ1n) is 7.51. The van der Waals surface area contributed by atoms with E-state index in [2.05, 4.69) is 5.32 Å². The van der Waals surface area contributed by atoms with Crippen LogP contribution in [0.4, 0.5) is 17.1 Å². The Balaban J connectivity index is 2.27. The van der Waals surface area contributed by atoms with Gasteiger partial charge in [-0.05, 0) is 32.3 Å². The number of anilines is 2. The van der Waals surface area contributed by atoms with Crippen molar-refractivity contribution >= 4 is 17.1 Å². The molecule has 0 spiro atoms. The van der Waals surface area contributed by atoms with Gasteiger partial charge in [-0.15, -0.1) is 0 Å². The number of nitro benzene ring substituents is 1. The lowest BCUT2D eigenvalue weighted by Gasteiger charge is -2.27. The zero-order chi connectivity index (χ0) is 17.7. The molecule has 7 nitrogen and oxygen atoms in total. The summed E-state index contributed by atoms with van der Waals surface area (Å²) < 4.78 is 5.43. The zero-order valence-electron chi connectivity index (χ0n) is 14.0. The molecule has 0 radical (unpaired) electrons. The molecule has 0 aliphatic heterocycles. The minimum Gasteiger partial charge on any atom is -0.496 e. The van der Waals surface area contributed by atoms with Gasteiger partial charge in [-0.3, -0.25) is 10.1 Å². The minimum absolute atomic E-state index is 0.00160. The van der Waals surface area contributed by atoms with Crippen LogP contribution in [0.1, 0.15) is 11.6 Å². The van der Waals surface area contributed by atoms with Gasteiger partial charge in [-0.25, -0.2) is 0 Å². The molecule has 24 heavy (non-hydrogen) atoms. The molecular weight excluding hydrogens is 308 g/mol. The second-order valence-corrected chi connectivity index (χ2v) is 5.64. The van der Waals surface area contributed by atoms with Crippen molar-refractivity contribution in [1.29, 1.82) is 0 Å². The lowest BCUT2D eigenvalue weighted by Crippen LogP contribution is -2.27. The maximum absolute atomic E-state index is 11.2. The van der Waals surface area contributed by atoms with Crippen molar-refractivity contribution in [2.24, 2.45) is 0 Å². The second kappa shape index (κ2) is 7.65. The van der Waals surface area contributed by atoms with E-state index in [9.17, 15) is 10.1 Å². The average molecular weight is 330 g/mol.